The summed E-state index contributed by atoms with van der Waals surface area (Å²) in [5, 5.41) is 15.5. The monoisotopic (exact) mass is 274 g/mol. The lowest BCUT2D eigenvalue weighted by molar-refractivity contribution is -0.384. The predicted octanol–water partition coefficient (Wildman–Crippen LogP) is 1.74. The van der Waals surface area contributed by atoms with E-state index >= 15 is 0 Å². The van der Waals surface area contributed by atoms with Crippen molar-refractivity contribution in [1.82, 2.24) is 9.78 Å². The first-order chi connectivity index (χ1) is 9.58. The molecule has 0 aliphatic carbocycles. The average Bonchev–Trinajstić information content (AvgIpc) is 2.77. The maximum atomic E-state index is 11.2. The van der Waals surface area contributed by atoms with E-state index in [0.717, 1.165) is 16.8 Å². The normalized spacial score (nSPS) is 14.1. The number of hydrogen-bond acceptors (Lipinski definition) is 5. The molecule has 20 heavy (non-hydrogen) atoms. The zero-order valence-corrected chi connectivity index (χ0v) is 11.0. The number of benzene rings is 1. The molecule has 2 heterocycles. The highest BCUT2D eigenvalue weighted by Gasteiger charge is 2.24. The second-order valence-corrected chi connectivity index (χ2v) is 4.77. The SMILES string of the molecule is Cc1ccc(-n2nc(N)c3c2CCOC3)c([N+](=O)[O-])c1. The highest BCUT2D eigenvalue weighted by Crippen LogP contribution is 2.30. The minimum absolute atomic E-state index is 0.0294. The standard InChI is InChI=1S/C13H14N4O3/c1-8-2-3-11(12(6-8)17(18)19)16-10-4-5-20-7-9(10)13(14)15-16/h2-3,6H,4-5,7H2,1H3,(H2,14,15). The first-order valence-electron chi connectivity index (χ1n) is 6.27. The van der Waals surface area contributed by atoms with Gasteiger partial charge < -0.3 is 10.5 Å². The third-order valence-electron chi connectivity index (χ3n) is 3.41. The van der Waals surface area contributed by atoms with Crippen LogP contribution in [0.25, 0.3) is 5.69 Å². The molecule has 1 aliphatic heterocycles. The van der Waals surface area contributed by atoms with Gasteiger partial charge in [-0.3, -0.25) is 10.1 Å². The molecule has 0 saturated carbocycles. The lowest BCUT2D eigenvalue weighted by Gasteiger charge is -2.14. The summed E-state index contributed by atoms with van der Waals surface area (Å²) in [6.07, 6.45) is 0.643. The van der Waals surface area contributed by atoms with Gasteiger partial charge in [0.15, 0.2) is 5.82 Å². The molecule has 0 spiro atoms. The third-order valence-corrected chi connectivity index (χ3v) is 3.41. The summed E-state index contributed by atoms with van der Waals surface area (Å²) in [6.45, 7) is 2.79. The van der Waals surface area contributed by atoms with Crippen LogP contribution < -0.4 is 5.73 Å². The minimum Gasteiger partial charge on any atom is -0.382 e. The first-order valence-corrected chi connectivity index (χ1v) is 6.27. The van der Waals surface area contributed by atoms with Crippen molar-refractivity contribution in [2.45, 2.75) is 20.0 Å². The number of rotatable bonds is 2. The molecule has 0 atom stereocenters. The van der Waals surface area contributed by atoms with Crippen LogP contribution in [0.1, 0.15) is 16.8 Å². The van der Waals surface area contributed by atoms with E-state index in [1.807, 2.05) is 13.0 Å². The number of nitrogens with zero attached hydrogens (tertiary/aromatic N) is 3. The topological polar surface area (TPSA) is 96.2 Å². The van der Waals surface area contributed by atoms with Gasteiger partial charge in [-0.25, -0.2) is 4.68 Å². The van der Waals surface area contributed by atoms with E-state index < -0.39 is 4.92 Å². The van der Waals surface area contributed by atoms with Crippen LogP contribution in [0, 0.1) is 17.0 Å². The van der Waals surface area contributed by atoms with Gasteiger partial charge in [0.05, 0.1) is 23.8 Å². The highest BCUT2D eigenvalue weighted by molar-refractivity contribution is 5.57. The molecule has 0 radical (unpaired) electrons. The van der Waals surface area contributed by atoms with E-state index in [2.05, 4.69) is 5.10 Å². The Morgan fingerprint density at radius 2 is 2.30 bits per heavy atom. The Labute approximate surface area is 115 Å². The first kappa shape index (κ1) is 12.6. The molecular weight excluding hydrogens is 260 g/mol. The van der Waals surface area contributed by atoms with Gasteiger partial charge in [-0.05, 0) is 18.6 Å². The maximum Gasteiger partial charge on any atom is 0.295 e. The number of ether oxygens (including phenoxy) is 1. The molecule has 3 rings (SSSR count). The van der Waals surface area contributed by atoms with Crippen LogP contribution in [0.5, 0.6) is 0 Å². The van der Waals surface area contributed by atoms with Crippen molar-refractivity contribution in [3.8, 4) is 5.69 Å². The van der Waals surface area contributed by atoms with Crippen molar-refractivity contribution < 1.29 is 9.66 Å². The van der Waals surface area contributed by atoms with Crippen molar-refractivity contribution in [2.75, 3.05) is 12.3 Å². The summed E-state index contributed by atoms with van der Waals surface area (Å²) in [6, 6.07) is 5.07. The number of nitro benzene ring substituents is 1. The van der Waals surface area contributed by atoms with Crippen LogP contribution in [-0.2, 0) is 17.8 Å². The molecule has 0 unspecified atom stereocenters. The van der Waals surface area contributed by atoms with E-state index in [0.29, 0.717) is 31.1 Å². The number of nitrogen functional groups attached to an aromatic ring is 1. The van der Waals surface area contributed by atoms with Gasteiger partial charge in [0.25, 0.3) is 5.69 Å². The Hall–Kier alpha value is -2.41. The number of nitrogens with two attached hydrogens (primary N) is 1. The quantitative estimate of drug-likeness (QED) is 0.664. The minimum atomic E-state index is -0.397. The Kier molecular flexibility index (Phi) is 2.90. The number of aryl methyl sites for hydroxylation is 1. The second-order valence-electron chi connectivity index (χ2n) is 4.77. The zero-order valence-electron chi connectivity index (χ0n) is 11.0. The van der Waals surface area contributed by atoms with E-state index in [-0.39, 0.29) is 5.69 Å². The van der Waals surface area contributed by atoms with Crippen molar-refractivity contribution in [2.24, 2.45) is 0 Å². The maximum absolute atomic E-state index is 11.2. The van der Waals surface area contributed by atoms with Crippen LogP contribution in [0.2, 0.25) is 0 Å². The molecule has 0 fully saturated rings. The zero-order chi connectivity index (χ0) is 14.3. The number of anilines is 1. The molecule has 0 bridgehead atoms. The van der Waals surface area contributed by atoms with E-state index in [9.17, 15) is 10.1 Å². The molecule has 0 amide bonds. The largest absolute Gasteiger partial charge is 0.382 e. The summed E-state index contributed by atoms with van der Waals surface area (Å²) in [5.74, 6) is 0.370. The molecule has 7 heteroatoms. The molecule has 1 aliphatic rings. The molecular formula is C13H14N4O3. The van der Waals surface area contributed by atoms with Gasteiger partial charge >= 0.3 is 0 Å². The number of fused-ring (bicyclic) bond motifs is 1. The molecule has 1 aromatic carbocycles. The van der Waals surface area contributed by atoms with Crippen LogP contribution in [0.4, 0.5) is 11.5 Å². The van der Waals surface area contributed by atoms with Crippen molar-refractivity contribution >= 4 is 11.5 Å². The van der Waals surface area contributed by atoms with Crippen molar-refractivity contribution in [3.63, 3.8) is 0 Å². The van der Waals surface area contributed by atoms with Crippen LogP contribution in [0.3, 0.4) is 0 Å². The fraction of sp³-hybridized carbons (Fsp3) is 0.308. The van der Waals surface area contributed by atoms with Gasteiger partial charge in [-0.1, -0.05) is 6.07 Å². The Balaban J connectivity index is 2.21. The van der Waals surface area contributed by atoms with E-state index in [1.165, 1.54) is 0 Å². The van der Waals surface area contributed by atoms with Crippen LogP contribution in [0.15, 0.2) is 18.2 Å². The number of hydrogen-bond donors (Lipinski definition) is 1. The highest BCUT2D eigenvalue weighted by atomic mass is 16.6. The van der Waals surface area contributed by atoms with Gasteiger partial charge in [0, 0.05) is 18.1 Å². The molecule has 2 N–H and O–H groups in total. The molecule has 7 nitrogen and oxygen atoms in total. The summed E-state index contributed by atoms with van der Waals surface area (Å²) < 4.78 is 6.93. The van der Waals surface area contributed by atoms with Crippen LogP contribution >= 0.6 is 0 Å². The summed E-state index contributed by atoms with van der Waals surface area (Å²) >= 11 is 0. The van der Waals surface area contributed by atoms with Gasteiger partial charge in [-0.15, -0.1) is 5.10 Å². The third kappa shape index (κ3) is 1.92. The number of aromatic nitrogens is 2. The van der Waals surface area contributed by atoms with Gasteiger partial charge in [0.2, 0.25) is 0 Å². The Bertz CT molecular complexity index is 693. The lowest BCUT2D eigenvalue weighted by Crippen LogP contribution is -2.14. The van der Waals surface area contributed by atoms with Crippen molar-refractivity contribution in [1.29, 1.82) is 0 Å². The molecule has 104 valence electrons. The fourth-order valence-corrected chi connectivity index (χ4v) is 2.42. The summed E-state index contributed by atoms with van der Waals surface area (Å²) in [4.78, 5) is 10.8. The smallest absolute Gasteiger partial charge is 0.295 e. The Morgan fingerprint density at radius 1 is 1.50 bits per heavy atom. The second kappa shape index (κ2) is 4.61. The lowest BCUT2D eigenvalue weighted by atomic mass is 10.1. The number of nitro groups is 1. The summed E-state index contributed by atoms with van der Waals surface area (Å²) in [5.41, 5.74) is 8.89. The van der Waals surface area contributed by atoms with Crippen molar-refractivity contribution in [3.05, 3.63) is 45.1 Å². The fourth-order valence-electron chi connectivity index (χ4n) is 2.42. The van der Waals surface area contributed by atoms with Gasteiger partial charge in [-0.2, -0.15) is 0 Å². The predicted molar refractivity (Wildman–Crippen MR) is 72.7 cm³/mol. The molecule has 2 aromatic rings. The van der Waals surface area contributed by atoms with Gasteiger partial charge in [0.1, 0.15) is 5.69 Å². The molecule has 1 aromatic heterocycles. The Morgan fingerprint density at radius 3 is 3.05 bits per heavy atom. The average molecular weight is 274 g/mol. The molecule has 0 saturated heterocycles. The van der Waals surface area contributed by atoms with E-state index in [4.69, 9.17) is 10.5 Å². The van der Waals surface area contributed by atoms with Crippen LogP contribution in [-0.4, -0.2) is 21.3 Å². The summed E-state index contributed by atoms with van der Waals surface area (Å²) in [7, 11) is 0. The van der Waals surface area contributed by atoms with E-state index in [1.54, 1.807) is 16.8 Å².